The number of rotatable bonds is 0. The van der Waals surface area contributed by atoms with Crippen molar-refractivity contribution in [2.75, 3.05) is 0 Å². The predicted octanol–water partition coefficient (Wildman–Crippen LogP) is -0.717. The average Bonchev–Trinajstić information content (AvgIpc) is 2.04. The third-order valence-corrected chi connectivity index (χ3v) is 1.46. The SMILES string of the molecule is Bc1cnc2nccnc2c1. The first-order valence-corrected chi connectivity index (χ1v) is 3.39. The van der Waals surface area contributed by atoms with Crippen molar-refractivity contribution in [3.05, 3.63) is 24.7 Å². The van der Waals surface area contributed by atoms with E-state index in [0.717, 1.165) is 11.0 Å². The zero-order chi connectivity index (χ0) is 7.68. The van der Waals surface area contributed by atoms with Crippen LogP contribution >= 0.6 is 0 Å². The molecule has 0 fully saturated rings. The summed E-state index contributed by atoms with van der Waals surface area (Å²) in [5.41, 5.74) is 2.67. The van der Waals surface area contributed by atoms with Crippen LogP contribution in [0.25, 0.3) is 11.2 Å². The molecule has 0 aliphatic carbocycles. The Morgan fingerprint density at radius 2 is 1.91 bits per heavy atom. The molecule has 52 valence electrons. The minimum absolute atomic E-state index is 0.707. The van der Waals surface area contributed by atoms with Crippen LogP contribution in [0.2, 0.25) is 0 Å². The van der Waals surface area contributed by atoms with E-state index in [2.05, 4.69) is 15.0 Å². The molecule has 0 amide bonds. The first-order chi connectivity index (χ1) is 5.36. The molecule has 0 bridgehead atoms. The molecular formula is C7H6BN3. The lowest BCUT2D eigenvalue weighted by molar-refractivity contribution is 1.23. The highest BCUT2D eigenvalue weighted by molar-refractivity contribution is 6.32. The summed E-state index contributed by atoms with van der Waals surface area (Å²) in [6.07, 6.45) is 5.10. The van der Waals surface area contributed by atoms with Crippen molar-refractivity contribution in [2.24, 2.45) is 0 Å². The highest BCUT2D eigenvalue weighted by Crippen LogP contribution is 1.99. The fourth-order valence-electron chi connectivity index (χ4n) is 0.959. The number of fused-ring (bicyclic) bond motifs is 1. The Kier molecular flexibility index (Phi) is 1.32. The van der Waals surface area contributed by atoms with Gasteiger partial charge in [-0.3, -0.25) is 4.98 Å². The van der Waals surface area contributed by atoms with Crippen molar-refractivity contribution < 1.29 is 0 Å². The van der Waals surface area contributed by atoms with E-state index in [1.807, 2.05) is 13.9 Å². The molecule has 0 N–H and O–H groups in total. The zero-order valence-corrected chi connectivity index (χ0v) is 6.15. The van der Waals surface area contributed by atoms with Crippen molar-refractivity contribution in [1.82, 2.24) is 15.0 Å². The van der Waals surface area contributed by atoms with E-state index in [9.17, 15) is 0 Å². The molecule has 11 heavy (non-hydrogen) atoms. The van der Waals surface area contributed by atoms with Gasteiger partial charge in [-0.2, -0.15) is 0 Å². The lowest BCUT2D eigenvalue weighted by atomic mass is 9.99. The molecule has 0 unspecified atom stereocenters. The van der Waals surface area contributed by atoms with E-state index in [1.54, 1.807) is 18.6 Å². The van der Waals surface area contributed by atoms with Gasteiger partial charge in [0.2, 0.25) is 0 Å². The minimum atomic E-state index is 0.707. The molecule has 0 radical (unpaired) electrons. The van der Waals surface area contributed by atoms with Crippen LogP contribution in [0, 0.1) is 0 Å². The second-order valence-corrected chi connectivity index (χ2v) is 2.41. The average molecular weight is 143 g/mol. The molecule has 0 saturated heterocycles. The van der Waals surface area contributed by atoms with E-state index in [1.165, 1.54) is 0 Å². The largest absolute Gasteiger partial charge is 0.251 e. The van der Waals surface area contributed by atoms with Gasteiger partial charge in [0, 0.05) is 18.6 Å². The first kappa shape index (κ1) is 6.28. The second-order valence-electron chi connectivity index (χ2n) is 2.41. The van der Waals surface area contributed by atoms with Crippen molar-refractivity contribution in [3.8, 4) is 0 Å². The first-order valence-electron chi connectivity index (χ1n) is 3.39. The van der Waals surface area contributed by atoms with Crippen LogP contribution in [-0.4, -0.2) is 22.8 Å². The summed E-state index contributed by atoms with van der Waals surface area (Å²) in [7, 11) is 1.99. The van der Waals surface area contributed by atoms with Crippen LogP contribution in [0.5, 0.6) is 0 Å². The van der Waals surface area contributed by atoms with E-state index < -0.39 is 0 Å². The summed E-state index contributed by atoms with van der Waals surface area (Å²) in [6, 6.07) is 1.97. The van der Waals surface area contributed by atoms with Crippen LogP contribution in [0.15, 0.2) is 24.7 Å². The van der Waals surface area contributed by atoms with Gasteiger partial charge >= 0.3 is 0 Å². The fourth-order valence-corrected chi connectivity index (χ4v) is 0.959. The van der Waals surface area contributed by atoms with Gasteiger partial charge in [-0.05, 0) is 6.07 Å². The van der Waals surface area contributed by atoms with Gasteiger partial charge in [0.1, 0.15) is 13.4 Å². The summed E-state index contributed by atoms with van der Waals surface area (Å²) >= 11 is 0. The maximum absolute atomic E-state index is 4.12. The predicted molar refractivity (Wildman–Crippen MR) is 45.5 cm³/mol. The smallest absolute Gasteiger partial charge is 0.178 e. The molecular weight excluding hydrogens is 137 g/mol. The van der Waals surface area contributed by atoms with Gasteiger partial charge in [0.15, 0.2) is 5.65 Å². The maximum Gasteiger partial charge on any atom is 0.178 e. The minimum Gasteiger partial charge on any atom is -0.251 e. The Morgan fingerprint density at radius 1 is 1.09 bits per heavy atom. The molecule has 0 aromatic carbocycles. The standard InChI is InChI=1S/C7H6BN3/c8-5-3-6-7(11-4-5)10-2-1-9-6/h1-4H,8H2. The Morgan fingerprint density at radius 3 is 2.82 bits per heavy atom. The normalized spacial score (nSPS) is 10.2. The molecule has 3 nitrogen and oxygen atoms in total. The highest BCUT2D eigenvalue weighted by atomic mass is 14.9. The Hall–Kier alpha value is -1.45. The highest BCUT2D eigenvalue weighted by Gasteiger charge is 1.93. The number of hydrogen-bond acceptors (Lipinski definition) is 3. The molecule has 2 aromatic rings. The Bertz CT molecular complexity index is 388. The molecule has 2 heterocycles. The van der Waals surface area contributed by atoms with Gasteiger partial charge in [-0.1, -0.05) is 5.46 Å². The third-order valence-electron chi connectivity index (χ3n) is 1.46. The van der Waals surface area contributed by atoms with Gasteiger partial charge < -0.3 is 0 Å². The fraction of sp³-hybridized carbons (Fsp3) is 0. The monoisotopic (exact) mass is 143 g/mol. The summed E-state index contributed by atoms with van der Waals surface area (Å²) in [4.78, 5) is 12.3. The molecule has 0 aliphatic heterocycles. The van der Waals surface area contributed by atoms with Crippen LogP contribution in [0.1, 0.15) is 0 Å². The zero-order valence-electron chi connectivity index (χ0n) is 6.15. The lowest BCUT2D eigenvalue weighted by Crippen LogP contribution is -2.03. The van der Waals surface area contributed by atoms with Gasteiger partial charge in [0.25, 0.3) is 0 Å². The molecule has 0 aliphatic rings. The summed E-state index contributed by atoms with van der Waals surface area (Å²) in [5.74, 6) is 0. The molecule has 2 rings (SSSR count). The molecule has 0 atom stereocenters. The molecule has 4 heteroatoms. The summed E-state index contributed by atoms with van der Waals surface area (Å²) in [6.45, 7) is 0. The van der Waals surface area contributed by atoms with Crippen LogP contribution in [0.4, 0.5) is 0 Å². The number of hydrogen-bond donors (Lipinski definition) is 0. The van der Waals surface area contributed by atoms with E-state index in [0.29, 0.717) is 5.65 Å². The molecule has 0 saturated carbocycles. The van der Waals surface area contributed by atoms with E-state index in [4.69, 9.17) is 0 Å². The number of nitrogens with zero attached hydrogens (tertiary/aromatic N) is 3. The maximum atomic E-state index is 4.12. The Labute approximate surface area is 64.9 Å². The molecule has 2 aromatic heterocycles. The quantitative estimate of drug-likeness (QED) is 0.457. The summed E-state index contributed by atoms with van der Waals surface area (Å²) in [5, 5.41) is 0. The van der Waals surface area contributed by atoms with Crippen LogP contribution < -0.4 is 5.46 Å². The van der Waals surface area contributed by atoms with Gasteiger partial charge in [-0.25, -0.2) is 9.97 Å². The Balaban J connectivity index is 2.83. The molecule has 0 spiro atoms. The third kappa shape index (κ3) is 1.07. The van der Waals surface area contributed by atoms with Crippen molar-refractivity contribution in [1.29, 1.82) is 0 Å². The van der Waals surface area contributed by atoms with Crippen molar-refractivity contribution >= 4 is 24.5 Å². The number of pyridine rings is 1. The van der Waals surface area contributed by atoms with E-state index >= 15 is 0 Å². The summed E-state index contributed by atoms with van der Waals surface area (Å²) < 4.78 is 0. The van der Waals surface area contributed by atoms with E-state index in [-0.39, 0.29) is 0 Å². The van der Waals surface area contributed by atoms with Gasteiger partial charge in [-0.15, -0.1) is 0 Å². The van der Waals surface area contributed by atoms with Crippen molar-refractivity contribution in [2.45, 2.75) is 0 Å². The van der Waals surface area contributed by atoms with Crippen molar-refractivity contribution in [3.63, 3.8) is 0 Å². The van der Waals surface area contributed by atoms with Crippen LogP contribution in [-0.2, 0) is 0 Å². The number of aromatic nitrogens is 3. The van der Waals surface area contributed by atoms with Crippen LogP contribution in [0.3, 0.4) is 0 Å². The topological polar surface area (TPSA) is 38.7 Å². The lowest BCUT2D eigenvalue weighted by Gasteiger charge is -1.94. The second kappa shape index (κ2) is 2.30. The van der Waals surface area contributed by atoms with Gasteiger partial charge in [0.05, 0.1) is 0 Å².